The van der Waals surface area contributed by atoms with Gasteiger partial charge >= 0.3 is 0 Å². The monoisotopic (exact) mass is 346 g/mol. The van der Waals surface area contributed by atoms with Crippen molar-refractivity contribution in [2.24, 2.45) is 5.73 Å². The fourth-order valence-electron chi connectivity index (χ4n) is 2.34. The number of halogens is 1. The van der Waals surface area contributed by atoms with E-state index in [1.165, 1.54) is 5.56 Å². The number of amides is 1. The van der Waals surface area contributed by atoms with Crippen molar-refractivity contribution in [2.75, 3.05) is 5.32 Å². The van der Waals surface area contributed by atoms with Gasteiger partial charge in [-0.05, 0) is 61.2 Å². The number of nitrogens with one attached hydrogen (secondary N) is 1. The minimum absolute atomic E-state index is 0.388. The van der Waals surface area contributed by atoms with Gasteiger partial charge in [0.2, 0.25) is 5.91 Å². The molecule has 1 atom stereocenters. The molecular weight excluding hydrogens is 328 g/mol. The highest BCUT2D eigenvalue weighted by molar-refractivity contribution is 9.10. The molecule has 2 rings (SSSR count). The number of primary amides is 1. The Kier molecular flexibility index (Phi) is 4.68. The first-order valence-electron chi connectivity index (χ1n) is 6.77. The van der Waals surface area contributed by atoms with Crippen molar-refractivity contribution in [3.8, 4) is 0 Å². The van der Waals surface area contributed by atoms with Gasteiger partial charge in [-0.3, -0.25) is 4.79 Å². The van der Waals surface area contributed by atoms with Crippen LogP contribution in [0.15, 0.2) is 40.9 Å². The number of benzene rings is 2. The van der Waals surface area contributed by atoms with E-state index in [1.54, 1.807) is 0 Å². The highest BCUT2D eigenvalue weighted by atomic mass is 79.9. The predicted molar refractivity (Wildman–Crippen MR) is 90.4 cm³/mol. The topological polar surface area (TPSA) is 55.1 Å². The number of carbonyl (C=O) groups excluding carboxylic acids is 1. The molecule has 0 saturated carbocycles. The number of hydrogen-bond donors (Lipinski definition) is 2. The molecule has 0 heterocycles. The number of rotatable bonds is 4. The van der Waals surface area contributed by atoms with Gasteiger partial charge in [0, 0.05) is 10.2 Å². The standard InChI is InChI=1S/C17H19BrN2O/c1-10-7-12(3)15(8-11(10)2)16(17(19)21)20-14-6-4-5-13(18)9-14/h4-9,16,20H,1-3H3,(H2,19,21). The summed E-state index contributed by atoms with van der Waals surface area (Å²) in [6.07, 6.45) is 0. The normalized spacial score (nSPS) is 12.0. The number of hydrogen-bond acceptors (Lipinski definition) is 2. The second-order valence-corrected chi connectivity index (χ2v) is 6.20. The van der Waals surface area contributed by atoms with Crippen LogP contribution in [0, 0.1) is 20.8 Å². The molecule has 0 saturated heterocycles. The highest BCUT2D eigenvalue weighted by Gasteiger charge is 2.20. The van der Waals surface area contributed by atoms with E-state index in [2.05, 4.69) is 34.2 Å². The molecular formula is C17H19BrN2O. The summed E-state index contributed by atoms with van der Waals surface area (Å²) in [4.78, 5) is 11.9. The molecule has 0 aliphatic carbocycles. The number of carbonyl (C=O) groups is 1. The van der Waals surface area contributed by atoms with E-state index in [-0.39, 0.29) is 5.91 Å². The van der Waals surface area contributed by atoms with Gasteiger partial charge in [-0.15, -0.1) is 0 Å². The lowest BCUT2D eigenvalue weighted by molar-refractivity contribution is -0.118. The zero-order chi connectivity index (χ0) is 15.6. The van der Waals surface area contributed by atoms with Crippen LogP contribution in [0.4, 0.5) is 5.69 Å². The van der Waals surface area contributed by atoms with Crippen molar-refractivity contribution in [2.45, 2.75) is 26.8 Å². The Morgan fingerprint density at radius 2 is 1.76 bits per heavy atom. The van der Waals surface area contributed by atoms with Crippen LogP contribution in [0.3, 0.4) is 0 Å². The summed E-state index contributed by atoms with van der Waals surface area (Å²) in [6.45, 7) is 6.10. The van der Waals surface area contributed by atoms with E-state index in [4.69, 9.17) is 5.73 Å². The third-order valence-electron chi connectivity index (χ3n) is 3.61. The predicted octanol–water partition coefficient (Wildman–Crippen LogP) is 4.01. The molecule has 0 spiro atoms. The Morgan fingerprint density at radius 1 is 1.10 bits per heavy atom. The van der Waals surface area contributed by atoms with E-state index in [1.807, 2.05) is 44.2 Å². The van der Waals surface area contributed by atoms with Crippen LogP contribution in [0.2, 0.25) is 0 Å². The Balaban J connectivity index is 2.40. The van der Waals surface area contributed by atoms with E-state index < -0.39 is 6.04 Å². The molecule has 2 aromatic carbocycles. The first-order valence-corrected chi connectivity index (χ1v) is 7.57. The van der Waals surface area contributed by atoms with Gasteiger partial charge in [-0.25, -0.2) is 0 Å². The lowest BCUT2D eigenvalue weighted by Gasteiger charge is -2.20. The molecule has 0 bridgehead atoms. The molecule has 1 amide bonds. The van der Waals surface area contributed by atoms with E-state index in [9.17, 15) is 4.79 Å². The Bertz CT molecular complexity index is 682. The Labute approximate surface area is 133 Å². The molecule has 1 unspecified atom stereocenters. The molecule has 0 fully saturated rings. The molecule has 3 nitrogen and oxygen atoms in total. The van der Waals surface area contributed by atoms with E-state index >= 15 is 0 Å². The van der Waals surface area contributed by atoms with Crippen molar-refractivity contribution >= 4 is 27.5 Å². The summed E-state index contributed by atoms with van der Waals surface area (Å²) in [5, 5.41) is 3.22. The van der Waals surface area contributed by atoms with Crippen LogP contribution in [-0.4, -0.2) is 5.91 Å². The minimum Gasteiger partial charge on any atom is -0.370 e. The highest BCUT2D eigenvalue weighted by Crippen LogP contribution is 2.26. The fourth-order valence-corrected chi connectivity index (χ4v) is 2.74. The average molecular weight is 347 g/mol. The quantitative estimate of drug-likeness (QED) is 0.878. The van der Waals surface area contributed by atoms with E-state index in [0.29, 0.717) is 0 Å². The molecule has 4 heteroatoms. The molecule has 0 aliphatic heterocycles. The first-order chi connectivity index (χ1) is 9.88. The third-order valence-corrected chi connectivity index (χ3v) is 4.11. The van der Waals surface area contributed by atoms with E-state index in [0.717, 1.165) is 26.9 Å². The largest absolute Gasteiger partial charge is 0.370 e. The van der Waals surface area contributed by atoms with Crippen molar-refractivity contribution in [1.82, 2.24) is 0 Å². The van der Waals surface area contributed by atoms with Gasteiger partial charge in [-0.2, -0.15) is 0 Å². The van der Waals surface area contributed by atoms with Gasteiger partial charge in [0.05, 0.1) is 0 Å². The minimum atomic E-state index is -0.543. The maximum absolute atomic E-state index is 11.9. The Morgan fingerprint density at radius 3 is 2.38 bits per heavy atom. The van der Waals surface area contributed by atoms with Crippen molar-refractivity contribution in [3.05, 3.63) is 63.1 Å². The maximum Gasteiger partial charge on any atom is 0.244 e. The fraction of sp³-hybridized carbons (Fsp3) is 0.235. The van der Waals surface area contributed by atoms with Gasteiger partial charge in [0.25, 0.3) is 0 Å². The van der Waals surface area contributed by atoms with Crippen molar-refractivity contribution < 1.29 is 4.79 Å². The van der Waals surface area contributed by atoms with Gasteiger partial charge < -0.3 is 11.1 Å². The number of nitrogens with two attached hydrogens (primary N) is 1. The van der Waals surface area contributed by atoms with Crippen LogP contribution in [-0.2, 0) is 4.79 Å². The summed E-state index contributed by atoms with van der Waals surface area (Å²) in [5.41, 5.74) is 10.8. The van der Waals surface area contributed by atoms with Crippen LogP contribution in [0.1, 0.15) is 28.3 Å². The molecule has 110 valence electrons. The zero-order valence-corrected chi connectivity index (χ0v) is 14.0. The first kappa shape index (κ1) is 15.6. The lowest BCUT2D eigenvalue weighted by Crippen LogP contribution is -2.28. The molecule has 2 aromatic rings. The van der Waals surface area contributed by atoms with Crippen molar-refractivity contribution in [3.63, 3.8) is 0 Å². The van der Waals surface area contributed by atoms with Crippen LogP contribution in [0.5, 0.6) is 0 Å². The number of aryl methyl sites for hydroxylation is 3. The molecule has 0 aliphatic rings. The van der Waals surface area contributed by atoms with Crippen LogP contribution in [0.25, 0.3) is 0 Å². The SMILES string of the molecule is Cc1cc(C)c(C(Nc2cccc(Br)c2)C(N)=O)cc1C. The average Bonchev–Trinajstić information content (AvgIpc) is 2.40. The van der Waals surface area contributed by atoms with Crippen LogP contribution >= 0.6 is 15.9 Å². The van der Waals surface area contributed by atoms with Crippen LogP contribution < -0.4 is 11.1 Å². The smallest absolute Gasteiger partial charge is 0.244 e. The second-order valence-electron chi connectivity index (χ2n) is 5.28. The molecule has 21 heavy (non-hydrogen) atoms. The summed E-state index contributed by atoms with van der Waals surface area (Å²) in [7, 11) is 0. The summed E-state index contributed by atoms with van der Waals surface area (Å²) >= 11 is 3.42. The third kappa shape index (κ3) is 3.64. The number of anilines is 1. The summed E-state index contributed by atoms with van der Waals surface area (Å²) in [6, 6.07) is 11.3. The second kappa shape index (κ2) is 6.31. The van der Waals surface area contributed by atoms with Crippen molar-refractivity contribution in [1.29, 1.82) is 0 Å². The lowest BCUT2D eigenvalue weighted by atomic mass is 9.95. The zero-order valence-electron chi connectivity index (χ0n) is 12.4. The summed E-state index contributed by atoms with van der Waals surface area (Å²) < 4.78 is 0.951. The Hall–Kier alpha value is -1.81. The summed E-state index contributed by atoms with van der Waals surface area (Å²) in [5.74, 6) is -0.388. The maximum atomic E-state index is 11.9. The molecule has 0 radical (unpaired) electrons. The van der Waals surface area contributed by atoms with Gasteiger partial charge in [-0.1, -0.05) is 34.1 Å². The molecule has 0 aromatic heterocycles. The molecule has 3 N–H and O–H groups in total. The van der Waals surface area contributed by atoms with Gasteiger partial charge in [0.15, 0.2) is 0 Å². The van der Waals surface area contributed by atoms with Gasteiger partial charge in [0.1, 0.15) is 6.04 Å².